The Balaban J connectivity index is 2.05. The molecule has 0 unspecified atom stereocenters. The number of methoxy groups -OCH3 is 1. The van der Waals surface area contributed by atoms with Crippen LogP contribution in [0.2, 0.25) is 0 Å². The van der Waals surface area contributed by atoms with Crippen molar-refractivity contribution in [3.05, 3.63) is 69.6 Å². The second-order valence-corrected chi connectivity index (χ2v) is 9.17. The number of benzene rings is 1. The van der Waals surface area contributed by atoms with E-state index in [9.17, 15) is 32.3 Å². The minimum atomic E-state index is -4.48. The van der Waals surface area contributed by atoms with E-state index in [1.165, 1.54) is 35.0 Å². The Bertz CT molecular complexity index is 1150. The number of amides is 2. The Morgan fingerprint density at radius 3 is 2.27 bits per heavy atom. The third kappa shape index (κ3) is 9.28. The lowest BCUT2D eigenvalue weighted by Crippen LogP contribution is -2.44. The minimum absolute atomic E-state index is 0.0607. The number of nitrogens with one attached hydrogen (secondary N) is 2. The monoisotopic (exact) mass is 525 g/mol. The largest absolute Gasteiger partial charge is 0.467 e. The van der Waals surface area contributed by atoms with E-state index in [4.69, 9.17) is 9.47 Å². The van der Waals surface area contributed by atoms with Gasteiger partial charge in [-0.1, -0.05) is 12.1 Å². The van der Waals surface area contributed by atoms with Gasteiger partial charge in [0.1, 0.15) is 17.2 Å². The molecule has 37 heavy (non-hydrogen) atoms. The third-order valence-electron chi connectivity index (χ3n) is 5.03. The number of carbonyl (C=O) groups excluding carboxylic acids is 3. The van der Waals surface area contributed by atoms with Crippen LogP contribution in [0.5, 0.6) is 0 Å². The first kappa shape index (κ1) is 29.4. The summed E-state index contributed by atoms with van der Waals surface area (Å²) < 4.78 is 49.4. The van der Waals surface area contributed by atoms with E-state index < -0.39 is 46.9 Å². The first-order valence-corrected chi connectivity index (χ1v) is 11.4. The molecule has 0 aliphatic heterocycles. The Hall–Kier alpha value is -3.83. The Morgan fingerprint density at radius 1 is 1.05 bits per heavy atom. The van der Waals surface area contributed by atoms with Crippen LogP contribution in [-0.4, -0.2) is 47.8 Å². The van der Waals surface area contributed by atoms with Gasteiger partial charge in [0, 0.05) is 12.7 Å². The van der Waals surface area contributed by atoms with Gasteiger partial charge in [-0.05, 0) is 63.4 Å². The van der Waals surface area contributed by atoms with E-state index in [1.54, 1.807) is 20.8 Å². The SMILES string of the molecule is COC(=O)[C@H](CCCNC(=O)OC(C)(C)C)NC(=O)c1cccn(Cc2ccc(C(F)(F)F)cc2)c1=O. The lowest BCUT2D eigenvalue weighted by molar-refractivity contribution is -0.143. The maximum absolute atomic E-state index is 12.9. The number of ether oxygens (including phenoxy) is 2. The molecule has 12 heteroatoms. The van der Waals surface area contributed by atoms with Crippen LogP contribution < -0.4 is 16.2 Å². The highest BCUT2D eigenvalue weighted by Gasteiger charge is 2.30. The molecule has 1 aromatic carbocycles. The highest BCUT2D eigenvalue weighted by atomic mass is 19.4. The molecule has 202 valence electrons. The molecule has 0 bridgehead atoms. The van der Waals surface area contributed by atoms with Gasteiger partial charge in [-0.25, -0.2) is 9.59 Å². The van der Waals surface area contributed by atoms with Gasteiger partial charge in [-0.15, -0.1) is 0 Å². The number of hydrogen-bond donors (Lipinski definition) is 2. The van der Waals surface area contributed by atoms with Gasteiger partial charge < -0.3 is 24.7 Å². The molecule has 2 amide bonds. The van der Waals surface area contributed by atoms with Crippen LogP contribution in [0.3, 0.4) is 0 Å². The first-order valence-electron chi connectivity index (χ1n) is 11.4. The van der Waals surface area contributed by atoms with Gasteiger partial charge in [0.05, 0.1) is 19.2 Å². The summed E-state index contributed by atoms with van der Waals surface area (Å²) in [6.45, 7) is 5.27. The van der Waals surface area contributed by atoms with Gasteiger partial charge in [0.2, 0.25) is 0 Å². The van der Waals surface area contributed by atoms with Crippen molar-refractivity contribution in [2.75, 3.05) is 13.7 Å². The number of aromatic nitrogens is 1. The van der Waals surface area contributed by atoms with Crippen molar-refractivity contribution >= 4 is 18.0 Å². The van der Waals surface area contributed by atoms with Crippen molar-refractivity contribution in [2.45, 2.75) is 58.0 Å². The van der Waals surface area contributed by atoms with Crippen molar-refractivity contribution in [3.63, 3.8) is 0 Å². The molecule has 1 atom stereocenters. The average Bonchev–Trinajstić information content (AvgIpc) is 2.80. The number of alkyl halides is 3. The van der Waals surface area contributed by atoms with Crippen LogP contribution in [-0.2, 0) is 27.0 Å². The second-order valence-electron chi connectivity index (χ2n) is 9.17. The quantitative estimate of drug-likeness (QED) is 0.383. The third-order valence-corrected chi connectivity index (χ3v) is 5.03. The molecule has 0 aliphatic rings. The number of rotatable bonds is 9. The molecule has 9 nitrogen and oxygen atoms in total. The van der Waals surface area contributed by atoms with Crippen LogP contribution in [0.25, 0.3) is 0 Å². The van der Waals surface area contributed by atoms with Gasteiger partial charge in [-0.2, -0.15) is 13.2 Å². The molecular weight excluding hydrogens is 495 g/mol. The van der Waals surface area contributed by atoms with Crippen LogP contribution in [0, 0.1) is 0 Å². The highest BCUT2D eigenvalue weighted by molar-refractivity contribution is 5.96. The van der Waals surface area contributed by atoms with Crippen molar-refractivity contribution in [1.82, 2.24) is 15.2 Å². The van der Waals surface area contributed by atoms with Crippen molar-refractivity contribution in [2.24, 2.45) is 0 Å². The van der Waals surface area contributed by atoms with E-state index in [2.05, 4.69) is 10.6 Å². The first-order chi connectivity index (χ1) is 17.2. The predicted octanol–water partition coefficient (Wildman–Crippen LogP) is 3.49. The van der Waals surface area contributed by atoms with Crippen LogP contribution in [0.4, 0.5) is 18.0 Å². The molecule has 2 rings (SSSR count). The topological polar surface area (TPSA) is 116 Å². The van der Waals surface area contributed by atoms with Crippen molar-refractivity contribution < 1.29 is 37.0 Å². The van der Waals surface area contributed by atoms with Gasteiger partial charge in [-0.3, -0.25) is 9.59 Å². The van der Waals surface area contributed by atoms with Crippen LogP contribution >= 0.6 is 0 Å². The molecule has 2 N–H and O–H groups in total. The number of alkyl carbamates (subject to hydrolysis) is 1. The highest BCUT2D eigenvalue weighted by Crippen LogP contribution is 2.29. The minimum Gasteiger partial charge on any atom is -0.467 e. The molecule has 0 radical (unpaired) electrons. The maximum atomic E-state index is 12.9. The lowest BCUT2D eigenvalue weighted by atomic mass is 10.1. The molecule has 0 aliphatic carbocycles. The fourth-order valence-corrected chi connectivity index (χ4v) is 3.27. The molecule has 0 fully saturated rings. The number of pyridine rings is 1. The predicted molar refractivity (Wildman–Crippen MR) is 128 cm³/mol. The molecule has 1 aromatic heterocycles. The molecule has 0 spiro atoms. The normalized spacial score (nSPS) is 12.4. The molecule has 2 aromatic rings. The Kier molecular flexibility index (Phi) is 9.87. The Morgan fingerprint density at radius 2 is 1.70 bits per heavy atom. The molecule has 1 heterocycles. The zero-order valence-electron chi connectivity index (χ0n) is 21.0. The smallest absolute Gasteiger partial charge is 0.416 e. The summed E-state index contributed by atoms with van der Waals surface area (Å²) in [7, 11) is 1.15. The second kappa shape index (κ2) is 12.4. The van der Waals surface area contributed by atoms with Crippen molar-refractivity contribution in [1.29, 1.82) is 0 Å². The number of esters is 1. The summed E-state index contributed by atoms with van der Waals surface area (Å²) in [6.07, 6.45) is -3.29. The summed E-state index contributed by atoms with van der Waals surface area (Å²) in [5, 5.41) is 5.02. The molecule has 0 saturated carbocycles. The van der Waals surface area contributed by atoms with Gasteiger partial charge in [0.25, 0.3) is 11.5 Å². The zero-order chi connectivity index (χ0) is 27.8. The van der Waals surface area contributed by atoms with E-state index in [0.29, 0.717) is 12.0 Å². The van der Waals surface area contributed by atoms with Gasteiger partial charge in [0.15, 0.2) is 0 Å². The lowest BCUT2D eigenvalue weighted by Gasteiger charge is -2.20. The van der Waals surface area contributed by atoms with Crippen molar-refractivity contribution in [3.8, 4) is 0 Å². The average molecular weight is 526 g/mol. The van der Waals surface area contributed by atoms with E-state index >= 15 is 0 Å². The Labute approximate surface area is 211 Å². The summed E-state index contributed by atoms with van der Waals surface area (Å²) >= 11 is 0. The number of carbonyl (C=O) groups is 3. The number of nitrogens with zero attached hydrogens (tertiary/aromatic N) is 1. The van der Waals surface area contributed by atoms with E-state index in [1.807, 2.05) is 0 Å². The standard InChI is InChI=1S/C25H30F3N3O6/c1-24(2,3)37-23(35)29-13-5-8-19(22(34)36-4)30-20(32)18-7-6-14-31(21(18)33)15-16-9-11-17(12-10-16)25(26,27)28/h6-7,9-12,14,19H,5,8,13,15H2,1-4H3,(H,29,35)(H,30,32)/t19-/m0/s1. The summed E-state index contributed by atoms with van der Waals surface area (Å²) in [6, 6.07) is 5.96. The summed E-state index contributed by atoms with van der Waals surface area (Å²) in [5.74, 6) is -1.55. The number of halogens is 3. The van der Waals surface area contributed by atoms with Gasteiger partial charge >= 0.3 is 18.2 Å². The van der Waals surface area contributed by atoms with E-state index in [0.717, 1.165) is 19.2 Å². The maximum Gasteiger partial charge on any atom is 0.416 e. The fourth-order valence-electron chi connectivity index (χ4n) is 3.27. The number of hydrogen-bond acceptors (Lipinski definition) is 6. The van der Waals surface area contributed by atoms with Crippen LogP contribution in [0.15, 0.2) is 47.4 Å². The van der Waals surface area contributed by atoms with Crippen LogP contribution in [0.1, 0.15) is 55.1 Å². The summed E-state index contributed by atoms with van der Waals surface area (Å²) in [4.78, 5) is 49.6. The molecular formula is C25H30F3N3O6. The fraction of sp³-hybridized carbons (Fsp3) is 0.440. The summed E-state index contributed by atoms with van der Waals surface area (Å²) in [5.41, 5.74) is -1.99. The zero-order valence-corrected chi connectivity index (χ0v) is 21.0. The molecule has 0 saturated heterocycles. The van der Waals surface area contributed by atoms with E-state index in [-0.39, 0.29) is 25.1 Å².